The summed E-state index contributed by atoms with van der Waals surface area (Å²) in [5, 5.41) is 3.39. The molecule has 0 unspecified atom stereocenters. The van der Waals surface area contributed by atoms with Gasteiger partial charge in [-0.1, -0.05) is 28.1 Å². The summed E-state index contributed by atoms with van der Waals surface area (Å²) in [6, 6.07) is 18.6. The molecular weight excluding hydrogens is 483 g/mol. The standard InChI is InChI=1S/C24H21BrF3N3O/c1-15-11-21-22(12-16(15)2)31(19-7-9-20(10-8-19)32-14-24(26,27)28)23(30-21)29-13-17-3-5-18(25)6-4-17/h3-12H,13-14H2,1-2H3,(H,29,30). The highest BCUT2D eigenvalue weighted by molar-refractivity contribution is 9.10. The van der Waals surface area contributed by atoms with Gasteiger partial charge in [-0.2, -0.15) is 13.2 Å². The Labute approximate surface area is 192 Å². The number of nitrogens with one attached hydrogen (secondary N) is 1. The van der Waals surface area contributed by atoms with E-state index in [1.807, 2.05) is 48.7 Å². The second kappa shape index (κ2) is 8.86. The van der Waals surface area contributed by atoms with E-state index < -0.39 is 12.8 Å². The molecule has 0 saturated heterocycles. The van der Waals surface area contributed by atoms with Gasteiger partial charge in [-0.05, 0) is 79.1 Å². The van der Waals surface area contributed by atoms with Gasteiger partial charge in [0.15, 0.2) is 6.61 Å². The minimum atomic E-state index is -4.38. The monoisotopic (exact) mass is 503 g/mol. The zero-order valence-electron chi connectivity index (χ0n) is 17.5. The van der Waals surface area contributed by atoms with Gasteiger partial charge in [-0.3, -0.25) is 4.57 Å². The molecule has 0 amide bonds. The fraction of sp³-hybridized carbons (Fsp3) is 0.208. The fourth-order valence-electron chi connectivity index (χ4n) is 3.35. The minimum Gasteiger partial charge on any atom is -0.484 e. The first-order valence-corrected chi connectivity index (χ1v) is 10.8. The molecule has 8 heteroatoms. The third-order valence-corrected chi connectivity index (χ3v) is 5.66. The molecule has 4 rings (SSSR count). The average Bonchev–Trinajstić information content (AvgIpc) is 3.09. The predicted molar refractivity (Wildman–Crippen MR) is 124 cm³/mol. The highest BCUT2D eigenvalue weighted by Gasteiger charge is 2.28. The van der Waals surface area contributed by atoms with E-state index in [4.69, 9.17) is 9.72 Å². The first-order valence-electron chi connectivity index (χ1n) is 9.97. The first kappa shape index (κ1) is 22.2. The lowest BCUT2D eigenvalue weighted by Crippen LogP contribution is -2.19. The zero-order chi connectivity index (χ0) is 22.9. The Bertz CT molecular complexity index is 1230. The molecule has 0 atom stereocenters. The number of alkyl halides is 3. The summed E-state index contributed by atoms with van der Waals surface area (Å²) in [5.74, 6) is 0.809. The molecule has 1 N–H and O–H groups in total. The molecule has 32 heavy (non-hydrogen) atoms. The molecule has 166 valence electrons. The lowest BCUT2D eigenvalue weighted by Gasteiger charge is -2.13. The van der Waals surface area contributed by atoms with Crippen molar-refractivity contribution in [3.63, 3.8) is 0 Å². The second-order valence-electron chi connectivity index (χ2n) is 7.57. The number of fused-ring (bicyclic) bond motifs is 1. The van der Waals surface area contributed by atoms with Crippen molar-refractivity contribution in [1.29, 1.82) is 0 Å². The van der Waals surface area contributed by atoms with Gasteiger partial charge in [-0.25, -0.2) is 4.98 Å². The van der Waals surface area contributed by atoms with Crippen molar-refractivity contribution >= 4 is 32.9 Å². The van der Waals surface area contributed by atoms with Crippen molar-refractivity contribution in [2.75, 3.05) is 11.9 Å². The van der Waals surface area contributed by atoms with Crippen LogP contribution in [-0.2, 0) is 6.54 Å². The third kappa shape index (κ3) is 5.07. The summed E-state index contributed by atoms with van der Waals surface area (Å²) in [4.78, 5) is 4.78. The number of hydrogen-bond acceptors (Lipinski definition) is 3. The van der Waals surface area contributed by atoms with Crippen LogP contribution >= 0.6 is 15.9 Å². The maximum Gasteiger partial charge on any atom is 0.422 e. The van der Waals surface area contributed by atoms with Crippen molar-refractivity contribution in [2.45, 2.75) is 26.6 Å². The molecule has 0 spiro atoms. The van der Waals surface area contributed by atoms with E-state index in [1.54, 1.807) is 12.1 Å². The van der Waals surface area contributed by atoms with E-state index in [2.05, 4.69) is 27.3 Å². The topological polar surface area (TPSA) is 39.1 Å². The molecule has 4 aromatic rings. The van der Waals surface area contributed by atoms with Crippen molar-refractivity contribution in [3.8, 4) is 11.4 Å². The van der Waals surface area contributed by atoms with E-state index in [0.29, 0.717) is 12.5 Å². The van der Waals surface area contributed by atoms with Crippen molar-refractivity contribution in [2.24, 2.45) is 0 Å². The van der Waals surface area contributed by atoms with Crippen LogP contribution in [0.3, 0.4) is 0 Å². The molecule has 4 nitrogen and oxygen atoms in total. The lowest BCUT2D eigenvalue weighted by molar-refractivity contribution is -0.153. The highest BCUT2D eigenvalue weighted by Crippen LogP contribution is 2.29. The van der Waals surface area contributed by atoms with Crippen LogP contribution in [0.4, 0.5) is 19.1 Å². The van der Waals surface area contributed by atoms with Crippen molar-refractivity contribution in [3.05, 3.63) is 81.8 Å². The largest absolute Gasteiger partial charge is 0.484 e. The number of aromatic nitrogens is 2. The number of benzene rings is 3. The normalized spacial score (nSPS) is 11.7. The summed E-state index contributed by atoms with van der Waals surface area (Å²) < 4.78 is 45.1. The zero-order valence-corrected chi connectivity index (χ0v) is 19.1. The molecule has 0 fully saturated rings. The first-order chi connectivity index (χ1) is 15.2. The smallest absolute Gasteiger partial charge is 0.422 e. The molecule has 0 bridgehead atoms. The van der Waals surface area contributed by atoms with Crippen molar-refractivity contribution in [1.82, 2.24) is 9.55 Å². The number of anilines is 1. The van der Waals surface area contributed by atoms with Gasteiger partial charge in [0.1, 0.15) is 5.75 Å². The van der Waals surface area contributed by atoms with Crippen LogP contribution in [0.1, 0.15) is 16.7 Å². The van der Waals surface area contributed by atoms with Gasteiger partial charge in [0.2, 0.25) is 5.95 Å². The number of hydrogen-bond donors (Lipinski definition) is 1. The number of imidazole rings is 1. The Hall–Kier alpha value is -3.00. The SMILES string of the molecule is Cc1cc2nc(NCc3ccc(Br)cc3)n(-c3ccc(OCC(F)(F)F)cc3)c2cc1C. The molecular formula is C24H21BrF3N3O. The Balaban J connectivity index is 1.68. The number of rotatable bonds is 6. The van der Waals surface area contributed by atoms with Gasteiger partial charge in [0.05, 0.1) is 11.0 Å². The van der Waals surface area contributed by atoms with E-state index in [1.165, 1.54) is 12.1 Å². The second-order valence-corrected chi connectivity index (χ2v) is 8.49. The summed E-state index contributed by atoms with van der Waals surface area (Å²) in [7, 11) is 0. The molecule has 0 saturated carbocycles. The quantitative estimate of drug-likeness (QED) is 0.309. The van der Waals surface area contributed by atoms with Crippen molar-refractivity contribution < 1.29 is 17.9 Å². The van der Waals surface area contributed by atoms with Gasteiger partial charge >= 0.3 is 6.18 Å². The summed E-state index contributed by atoms with van der Waals surface area (Å²) in [5.41, 5.74) is 5.88. The average molecular weight is 504 g/mol. The number of aryl methyl sites for hydroxylation is 2. The van der Waals surface area contributed by atoms with E-state index in [0.717, 1.165) is 37.9 Å². The van der Waals surface area contributed by atoms with E-state index in [9.17, 15) is 13.2 Å². The Kier molecular flexibility index (Phi) is 6.15. The van der Waals surface area contributed by atoms with Gasteiger partial charge < -0.3 is 10.1 Å². The highest BCUT2D eigenvalue weighted by atomic mass is 79.9. The van der Waals surface area contributed by atoms with Gasteiger partial charge in [0, 0.05) is 16.7 Å². The van der Waals surface area contributed by atoms with Crippen LogP contribution in [0.2, 0.25) is 0 Å². The van der Waals surface area contributed by atoms with E-state index in [-0.39, 0.29) is 5.75 Å². The molecule has 0 aliphatic rings. The molecule has 1 heterocycles. The Morgan fingerprint density at radius 1 is 0.969 bits per heavy atom. The fourth-order valence-corrected chi connectivity index (χ4v) is 3.62. The van der Waals surface area contributed by atoms with Crippen LogP contribution in [0, 0.1) is 13.8 Å². The maximum atomic E-state index is 12.4. The molecule has 0 aliphatic heterocycles. The maximum absolute atomic E-state index is 12.4. The molecule has 3 aromatic carbocycles. The van der Waals surface area contributed by atoms with Crippen LogP contribution in [-0.4, -0.2) is 22.3 Å². The predicted octanol–water partition coefficient (Wildman–Crippen LogP) is 6.96. The summed E-state index contributed by atoms with van der Waals surface area (Å²) >= 11 is 3.44. The van der Waals surface area contributed by atoms with Crippen LogP contribution in [0.25, 0.3) is 16.7 Å². The van der Waals surface area contributed by atoms with Crippen LogP contribution < -0.4 is 10.1 Å². The van der Waals surface area contributed by atoms with E-state index >= 15 is 0 Å². The summed E-state index contributed by atoms with van der Waals surface area (Å²) in [6.45, 7) is 3.32. The number of ether oxygens (including phenoxy) is 1. The Morgan fingerprint density at radius 3 is 2.28 bits per heavy atom. The Morgan fingerprint density at radius 2 is 1.62 bits per heavy atom. The van der Waals surface area contributed by atoms with Crippen LogP contribution in [0.5, 0.6) is 5.75 Å². The summed E-state index contributed by atoms with van der Waals surface area (Å²) in [6.07, 6.45) is -4.38. The third-order valence-electron chi connectivity index (χ3n) is 5.13. The molecule has 1 aromatic heterocycles. The molecule has 0 radical (unpaired) electrons. The van der Waals surface area contributed by atoms with Gasteiger partial charge in [0.25, 0.3) is 0 Å². The lowest BCUT2D eigenvalue weighted by atomic mass is 10.1. The van der Waals surface area contributed by atoms with Crippen LogP contribution in [0.15, 0.2) is 65.1 Å². The minimum absolute atomic E-state index is 0.159. The van der Waals surface area contributed by atoms with Gasteiger partial charge in [-0.15, -0.1) is 0 Å². The number of halogens is 4. The molecule has 0 aliphatic carbocycles. The number of nitrogens with zero attached hydrogens (tertiary/aromatic N) is 2.